The lowest BCUT2D eigenvalue weighted by Crippen LogP contribution is -2.35. The number of aryl methyl sites for hydroxylation is 2. The number of thiazole rings is 1. The van der Waals surface area contributed by atoms with Crippen molar-refractivity contribution in [2.24, 2.45) is 0 Å². The Labute approximate surface area is 215 Å². The Hall–Kier alpha value is -3.14. The smallest absolute Gasteiger partial charge is 0.260 e. The highest BCUT2D eigenvalue weighted by atomic mass is 32.2. The Morgan fingerprint density at radius 3 is 2.47 bits per heavy atom. The van der Waals surface area contributed by atoms with Crippen molar-refractivity contribution >= 4 is 42.6 Å². The zero-order valence-electron chi connectivity index (χ0n) is 20.3. The number of fused-ring (bicyclic) bond motifs is 1. The number of anilines is 1. The Morgan fingerprint density at radius 2 is 1.78 bits per heavy atom. The van der Waals surface area contributed by atoms with Gasteiger partial charge >= 0.3 is 0 Å². The monoisotopic (exact) mass is 520 g/mol. The van der Waals surface area contributed by atoms with Crippen LogP contribution in [-0.4, -0.2) is 41.7 Å². The molecule has 4 aromatic rings. The molecule has 0 spiro atoms. The van der Waals surface area contributed by atoms with Gasteiger partial charge in [0.2, 0.25) is 10.0 Å². The van der Waals surface area contributed by atoms with E-state index in [-0.39, 0.29) is 17.3 Å². The molecule has 2 aromatic heterocycles. The molecule has 5 rings (SSSR count). The summed E-state index contributed by atoms with van der Waals surface area (Å²) < 4.78 is 28.6. The minimum atomic E-state index is -3.56. The maximum atomic E-state index is 13.7. The predicted octanol–water partition coefficient (Wildman–Crippen LogP) is 5.33. The largest absolute Gasteiger partial charge is 0.278 e. The van der Waals surface area contributed by atoms with Crippen molar-refractivity contribution in [1.82, 2.24) is 14.3 Å². The Morgan fingerprint density at radius 1 is 1.03 bits per heavy atom. The molecule has 0 bridgehead atoms. The summed E-state index contributed by atoms with van der Waals surface area (Å²) in [7, 11) is -3.56. The average molecular weight is 521 g/mol. The maximum absolute atomic E-state index is 13.7. The number of benzene rings is 2. The highest BCUT2D eigenvalue weighted by Gasteiger charge is 2.27. The Bertz CT molecular complexity index is 1490. The molecule has 0 aliphatic carbocycles. The molecule has 0 unspecified atom stereocenters. The molecule has 0 saturated carbocycles. The number of carbonyl (C=O) groups is 1. The van der Waals surface area contributed by atoms with Crippen LogP contribution in [0.15, 0.2) is 65.7 Å². The van der Waals surface area contributed by atoms with Gasteiger partial charge in [-0.3, -0.25) is 14.7 Å². The normalized spacial score (nSPS) is 14.7. The van der Waals surface area contributed by atoms with E-state index in [1.165, 1.54) is 27.8 Å². The molecular weight excluding hydrogens is 492 g/mol. The van der Waals surface area contributed by atoms with Gasteiger partial charge in [0.05, 0.1) is 27.4 Å². The van der Waals surface area contributed by atoms with Gasteiger partial charge in [-0.05, 0) is 80.3 Å². The zero-order valence-corrected chi connectivity index (χ0v) is 22.0. The summed E-state index contributed by atoms with van der Waals surface area (Å²) in [5, 5.41) is 0.583. The van der Waals surface area contributed by atoms with Crippen LogP contribution in [0.2, 0.25) is 0 Å². The van der Waals surface area contributed by atoms with Crippen LogP contribution < -0.4 is 4.90 Å². The molecule has 3 heterocycles. The van der Waals surface area contributed by atoms with Crippen LogP contribution in [0.5, 0.6) is 0 Å². The van der Waals surface area contributed by atoms with Crippen LogP contribution in [0.25, 0.3) is 10.2 Å². The molecule has 0 radical (unpaired) electrons. The van der Waals surface area contributed by atoms with E-state index in [2.05, 4.69) is 17.1 Å². The molecule has 1 aliphatic heterocycles. The highest BCUT2D eigenvalue weighted by molar-refractivity contribution is 7.89. The quantitative estimate of drug-likeness (QED) is 0.343. The van der Waals surface area contributed by atoms with E-state index in [1.54, 1.807) is 23.2 Å². The van der Waals surface area contributed by atoms with Crippen molar-refractivity contribution in [3.8, 4) is 0 Å². The van der Waals surface area contributed by atoms with Crippen molar-refractivity contribution in [3.05, 3.63) is 83.2 Å². The van der Waals surface area contributed by atoms with Gasteiger partial charge < -0.3 is 0 Å². The second-order valence-corrected chi connectivity index (χ2v) is 12.1. The lowest BCUT2D eigenvalue weighted by atomic mass is 10.1. The summed E-state index contributed by atoms with van der Waals surface area (Å²) in [5.41, 5.74) is 4.22. The van der Waals surface area contributed by atoms with Gasteiger partial charge in [-0.15, -0.1) is 0 Å². The maximum Gasteiger partial charge on any atom is 0.260 e. The number of piperidine rings is 1. The molecule has 1 fully saturated rings. The van der Waals surface area contributed by atoms with Crippen LogP contribution in [0.3, 0.4) is 0 Å². The summed E-state index contributed by atoms with van der Waals surface area (Å²) in [6, 6.07) is 16.0. The first-order valence-corrected chi connectivity index (χ1v) is 14.3. The molecule has 0 atom stereocenters. The van der Waals surface area contributed by atoms with Crippen LogP contribution in [0.1, 0.15) is 46.4 Å². The van der Waals surface area contributed by atoms with Gasteiger partial charge in [-0.25, -0.2) is 13.4 Å². The van der Waals surface area contributed by atoms with E-state index in [4.69, 9.17) is 4.98 Å². The SMILES string of the molecule is Cc1cc(C)c2nc(N(Cc3ccccn3)C(=O)c3ccc(S(=O)(=O)N4CCCCC4)cc3)sc2c1. The van der Waals surface area contributed by atoms with E-state index in [9.17, 15) is 13.2 Å². The zero-order chi connectivity index (χ0) is 25.3. The number of amides is 1. The molecule has 2 aromatic carbocycles. The molecule has 1 aliphatic rings. The third-order valence-corrected chi connectivity index (χ3v) is 9.33. The van der Waals surface area contributed by atoms with Crippen molar-refractivity contribution in [1.29, 1.82) is 0 Å². The number of sulfonamides is 1. The molecule has 1 amide bonds. The van der Waals surface area contributed by atoms with Crippen molar-refractivity contribution < 1.29 is 13.2 Å². The second kappa shape index (κ2) is 10.1. The molecule has 7 nitrogen and oxygen atoms in total. The van der Waals surface area contributed by atoms with Gasteiger partial charge in [-0.2, -0.15) is 4.31 Å². The van der Waals surface area contributed by atoms with Gasteiger partial charge in [-0.1, -0.05) is 29.9 Å². The predicted molar refractivity (Wildman–Crippen MR) is 143 cm³/mol. The number of hydrogen-bond donors (Lipinski definition) is 0. The molecule has 9 heteroatoms. The first-order valence-electron chi connectivity index (χ1n) is 12.0. The van der Waals surface area contributed by atoms with Gasteiger partial charge in [0.25, 0.3) is 5.91 Å². The standard InChI is InChI=1S/C27H28N4O3S2/c1-19-16-20(2)25-24(17-19)35-27(29-25)31(18-22-8-4-5-13-28-22)26(32)21-9-11-23(12-10-21)36(33,34)30-14-6-3-7-15-30/h4-5,8-13,16-17H,3,6-7,14-15,18H2,1-2H3. The number of carbonyl (C=O) groups excluding carboxylic acids is 1. The van der Waals surface area contributed by atoms with E-state index >= 15 is 0 Å². The summed E-state index contributed by atoms with van der Waals surface area (Å²) in [5.74, 6) is -0.254. The molecule has 186 valence electrons. The first-order chi connectivity index (χ1) is 17.3. The van der Waals surface area contributed by atoms with Gasteiger partial charge in [0.1, 0.15) is 0 Å². The lowest BCUT2D eigenvalue weighted by molar-refractivity contribution is 0.0984. The molecule has 0 N–H and O–H groups in total. The topological polar surface area (TPSA) is 83.5 Å². The minimum Gasteiger partial charge on any atom is -0.278 e. The van der Waals surface area contributed by atoms with Gasteiger partial charge in [0.15, 0.2) is 5.13 Å². The number of nitrogens with zero attached hydrogens (tertiary/aromatic N) is 4. The highest BCUT2D eigenvalue weighted by Crippen LogP contribution is 2.33. The summed E-state index contributed by atoms with van der Waals surface area (Å²) >= 11 is 1.47. The van der Waals surface area contributed by atoms with Crippen LogP contribution in [-0.2, 0) is 16.6 Å². The minimum absolute atomic E-state index is 0.211. The second-order valence-electron chi connectivity index (χ2n) is 9.13. The lowest BCUT2D eigenvalue weighted by Gasteiger charge is -2.26. The Kier molecular flexibility index (Phi) is 6.87. The van der Waals surface area contributed by atoms with Crippen LogP contribution in [0.4, 0.5) is 5.13 Å². The van der Waals surface area contributed by atoms with E-state index in [0.717, 1.165) is 46.3 Å². The average Bonchev–Trinajstić information content (AvgIpc) is 3.32. The number of pyridine rings is 1. The number of rotatable bonds is 6. The third kappa shape index (κ3) is 4.91. The third-order valence-electron chi connectivity index (χ3n) is 6.39. The fraction of sp³-hybridized carbons (Fsp3) is 0.296. The van der Waals surface area contributed by atoms with E-state index in [1.807, 2.05) is 32.0 Å². The van der Waals surface area contributed by atoms with Crippen molar-refractivity contribution in [2.45, 2.75) is 44.6 Å². The summed E-state index contributed by atoms with van der Waals surface area (Å²) in [4.78, 5) is 24.8. The fourth-order valence-corrected chi connectivity index (χ4v) is 7.19. The number of hydrogen-bond acceptors (Lipinski definition) is 6. The van der Waals surface area contributed by atoms with E-state index in [0.29, 0.717) is 23.8 Å². The van der Waals surface area contributed by atoms with Gasteiger partial charge in [0, 0.05) is 24.8 Å². The fourth-order valence-electron chi connectivity index (χ4n) is 4.53. The molecule has 36 heavy (non-hydrogen) atoms. The van der Waals surface area contributed by atoms with Crippen LogP contribution >= 0.6 is 11.3 Å². The molecular formula is C27H28N4O3S2. The summed E-state index contributed by atoms with van der Waals surface area (Å²) in [6.45, 7) is 5.40. The Balaban J connectivity index is 1.49. The first kappa shape index (κ1) is 24.5. The number of aromatic nitrogens is 2. The summed E-state index contributed by atoms with van der Waals surface area (Å²) in [6.07, 6.45) is 4.50. The van der Waals surface area contributed by atoms with Crippen LogP contribution in [0, 0.1) is 13.8 Å². The van der Waals surface area contributed by atoms with Crippen molar-refractivity contribution in [3.63, 3.8) is 0 Å². The molecule has 1 saturated heterocycles. The van der Waals surface area contributed by atoms with Crippen molar-refractivity contribution in [2.75, 3.05) is 18.0 Å². The van der Waals surface area contributed by atoms with E-state index < -0.39 is 10.0 Å².